The van der Waals surface area contributed by atoms with Crippen molar-refractivity contribution < 1.29 is 4.79 Å². The van der Waals surface area contributed by atoms with Gasteiger partial charge in [-0.2, -0.15) is 5.10 Å². The Morgan fingerprint density at radius 3 is 2.67 bits per heavy atom. The maximum Gasteiger partial charge on any atom is 0.252 e. The molecule has 0 spiro atoms. The number of benzene rings is 2. The Morgan fingerprint density at radius 1 is 1.09 bits per heavy atom. The lowest BCUT2D eigenvalue weighted by atomic mass is 10.0. The first-order valence-corrected chi connectivity index (χ1v) is 11.2. The lowest BCUT2D eigenvalue weighted by Crippen LogP contribution is -2.26. The van der Waals surface area contributed by atoms with Crippen molar-refractivity contribution in [3.8, 4) is 11.3 Å². The Bertz CT molecular complexity index is 1430. The maximum absolute atomic E-state index is 13.3. The number of nitrogens with zero attached hydrogens (tertiary/aromatic N) is 4. The van der Waals surface area contributed by atoms with Gasteiger partial charge in [0.15, 0.2) is 5.65 Å². The molecule has 5 aromatic rings. The van der Waals surface area contributed by atoms with Gasteiger partial charge >= 0.3 is 0 Å². The molecule has 0 saturated heterocycles. The van der Waals surface area contributed by atoms with E-state index in [1.165, 1.54) is 0 Å². The van der Waals surface area contributed by atoms with Crippen molar-refractivity contribution in [1.82, 2.24) is 30.0 Å². The van der Waals surface area contributed by atoms with Gasteiger partial charge in [0.25, 0.3) is 5.91 Å². The van der Waals surface area contributed by atoms with Crippen LogP contribution >= 0.6 is 0 Å². The number of fused-ring (bicyclic) bond motifs is 2. The summed E-state index contributed by atoms with van der Waals surface area (Å²) in [4.78, 5) is 26.0. The zero-order chi connectivity index (χ0) is 22.9. The fourth-order valence-electron chi connectivity index (χ4n) is 4.10. The van der Waals surface area contributed by atoms with Crippen LogP contribution in [0.2, 0.25) is 0 Å². The van der Waals surface area contributed by atoms with Gasteiger partial charge in [0.1, 0.15) is 5.82 Å². The quantitative estimate of drug-likeness (QED) is 0.397. The molecule has 0 radical (unpaired) electrons. The molecule has 0 bridgehead atoms. The monoisotopic (exact) mass is 438 g/mol. The smallest absolute Gasteiger partial charge is 0.252 e. The van der Waals surface area contributed by atoms with E-state index in [2.05, 4.69) is 34.2 Å². The number of amides is 1. The molecule has 7 nitrogen and oxygen atoms in total. The minimum absolute atomic E-state index is 0.131. The third kappa shape index (κ3) is 3.98. The van der Waals surface area contributed by atoms with Crippen LogP contribution in [0.4, 0.5) is 0 Å². The number of pyridine rings is 1. The first-order valence-electron chi connectivity index (χ1n) is 11.2. The number of nitrogens with one attached hydrogen (secondary N) is 2. The van der Waals surface area contributed by atoms with E-state index in [1.54, 1.807) is 6.20 Å². The zero-order valence-corrected chi connectivity index (χ0v) is 19.0. The minimum Gasteiger partial charge on any atom is -0.352 e. The molecular formula is C26H26N6O. The number of H-pyrrole nitrogens is 1. The Hall–Kier alpha value is -4.00. The van der Waals surface area contributed by atoms with E-state index in [4.69, 9.17) is 4.98 Å². The van der Waals surface area contributed by atoms with Crippen molar-refractivity contribution in [2.45, 2.75) is 33.2 Å². The summed E-state index contributed by atoms with van der Waals surface area (Å²) < 4.78 is 1.86. The van der Waals surface area contributed by atoms with Gasteiger partial charge in [0.2, 0.25) is 0 Å². The number of aryl methyl sites for hydroxylation is 1. The average molecular weight is 439 g/mol. The van der Waals surface area contributed by atoms with Crippen molar-refractivity contribution in [2.75, 3.05) is 6.54 Å². The van der Waals surface area contributed by atoms with Crippen LogP contribution in [-0.4, -0.2) is 37.2 Å². The van der Waals surface area contributed by atoms with E-state index in [-0.39, 0.29) is 11.9 Å². The van der Waals surface area contributed by atoms with E-state index in [0.717, 1.165) is 39.1 Å². The van der Waals surface area contributed by atoms with Crippen LogP contribution in [0.3, 0.4) is 0 Å². The van der Waals surface area contributed by atoms with E-state index < -0.39 is 0 Å². The number of hydrogen-bond donors (Lipinski definition) is 2. The second-order valence-corrected chi connectivity index (χ2v) is 8.50. The third-order valence-corrected chi connectivity index (χ3v) is 5.81. The van der Waals surface area contributed by atoms with E-state index in [1.807, 2.05) is 66.2 Å². The summed E-state index contributed by atoms with van der Waals surface area (Å²) in [6, 6.07) is 18.0. The second-order valence-electron chi connectivity index (χ2n) is 8.50. The molecule has 166 valence electrons. The molecule has 1 amide bonds. The molecule has 5 rings (SSSR count). The highest BCUT2D eigenvalue weighted by atomic mass is 16.1. The molecule has 33 heavy (non-hydrogen) atoms. The molecular weight excluding hydrogens is 412 g/mol. The van der Waals surface area contributed by atoms with Crippen LogP contribution in [0.15, 0.2) is 60.8 Å². The number of hydrogen-bond acceptors (Lipinski definition) is 4. The second kappa shape index (κ2) is 8.50. The van der Waals surface area contributed by atoms with E-state index >= 15 is 0 Å². The Labute approximate surface area is 191 Å². The van der Waals surface area contributed by atoms with Gasteiger partial charge in [-0.3, -0.25) is 4.79 Å². The molecule has 7 heteroatoms. The SMILES string of the molecule is Cc1ccccc1-c1cc(C(=O)NCCc2nc3ccccc3[nH]2)c2cnn(C(C)C)c2n1. The van der Waals surface area contributed by atoms with Gasteiger partial charge in [0.05, 0.1) is 33.9 Å². The molecule has 3 heterocycles. The van der Waals surface area contributed by atoms with Gasteiger partial charge in [-0.15, -0.1) is 0 Å². The summed E-state index contributed by atoms with van der Waals surface area (Å²) in [5.41, 5.74) is 6.11. The first-order chi connectivity index (χ1) is 16.0. The van der Waals surface area contributed by atoms with Crippen molar-refractivity contribution in [3.05, 3.63) is 77.7 Å². The van der Waals surface area contributed by atoms with Crippen molar-refractivity contribution in [1.29, 1.82) is 0 Å². The van der Waals surface area contributed by atoms with Crippen LogP contribution in [-0.2, 0) is 6.42 Å². The Kier molecular flexibility index (Phi) is 5.38. The molecule has 0 fully saturated rings. The van der Waals surface area contributed by atoms with Crippen LogP contribution in [0.1, 0.15) is 41.6 Å². The van der Waals surface area contributed by atoms with Gasteiger partial charge in [-0.1, -0.05) is 36.4 Å². The normalized spacial score (nSPS) is 11.5. The maximum atomic E-state index is 13.3. The number of imidazole rings is 1. The van der Waals surface area contributed by atoms with Gasteiger partial charge in [0, 0.05) is 24.6 Å². The van der Waals surface area contributed by atoms with Crippen LogP contribution < -0.4 is 5.32 Å². The molecule has 3 aromatic heterocycles. The number of aromatic nitrogens is 5. The zero-order valence-electron chi connectivity index (χ0n) is 19.0. The lowest BCUT2D eigenvalue weighted by molar-refractivity contribution is 0.0955. The highest BCUT2D eigenvalue weighted by Gasteiger charge is 2.19. The predicted molar refractivity (Wildman–Crippen MR) is 130 cm³/mol. The van der Waals surface area contributed by atoms with Crippen LogP contribution in [0.25, 0.3) is 33.3 Å². The summed E-state index contributed by atoms with van der Waals surface area (Å²) >= 11 is 0. The van der Waals surface area contributed by atoms with E-state index in [0.29, 0.717) is 24.2 Å². The fourth-order valence-corrected chi connectivity index (χ4v) is 4.10. The number of rotatable bonds is 6. The summed E-state index contributed by atoms with van der Waals surface area (Å²) in [5.74, 6) is 0.709. The predicted octanol–water partition coefficient (Wildman–Crippen LogP) is 4.84. The first kappa shape index (κ1) is 20.9. The standard InChI is InChI=1S/C26H26N6O/c1-16(2)32-25-20(15-28-32)19(14-23(31-25)18-9-5-4-8-17(18)3)26(33)27-13-12-24-29-21-10-6-7-11-22(21)30-24/h4-11,14-16H,12-13H2,1-3H3,(H,27,33)(H,29,30). The van der Waals surface area contributed by atoms with Crippen molar-refractivity contribution in [2.24, 2.45) is 0 Å². The number of para-hydroxylation sites is 2. The molecule has 0 aliphatic carbocycles. The van der Waals surface area contributed by atoms with Crippen LogP contribution in [0, 0.1) is 6.92 Å². The van der Waals surface area contributed by atoms with Gasteiger partial charge in [-0.25, -0.2) is 14.6 Å². The molecule has 0 atom stereocenters. The minimum atomic E-state index is -0.142. The van der Waals surface area contributed by atoms with Gasteiger partial charge in [-0.05, 0) is 44.5 Å². The number of carbonyl (C=O) groups is 1. The molecule has 2 N–H and O–H groups in total. The Morgan fingerprint density at radius 2 is 1.88 bits per heavy atom. The van der Waals surface area contributed by atoms with Crippen molar-refractivity contribution in [3.63, 3.8) is 0 Å². The third-order valence-electron chi connectivity index (χ3n) is 5.81. The van der Waals surface area contributed by atoms with Gasteiger partial charge < -0.3 is 10.3 Å². The highest BCUT2D eigenvalue weighted by Crippen LogP contribution is 2.28. The lowest BCUT2D eigenvalue weighted by Gasteiger charge is -2.12. The summed E-state index contributed by atoms with van der Waals surface area (Å²) in [6.45, 7) is 6.64. The largest absolute Gasteiger partial charge is 0.352 e. The molecule has 0 aliphatic rings. The molecule has 0 saturated carbocycles. The molecule has 0 unspecified atom stereocenters. The topological polar surface area (TPSA) is 88.5 Å². The van der Waals surface area contributed by atoms with Crippen molar-refractivity contribution >= 4 is 28.0 Å². The van der Waals surface area contributed by atoms with Crippen LogP contribution in [0.5, 0.6) is 0 Å². The summed E-state index contributed by atoms with van der Waals surface area (Å²) in [5, 5.41) is 8.31. The summed E-state index contributed by atoms with van der Waals surface area (Å²) in [7, 11) is 0. The van der Waals surface area contributed by atoms with E-state index in [9.17, 15) is 4.79 Å². The average Bonchev–Trinajstić information content (AvgIpc) is 3.42. The Balaban J connectivity index is 1.45. The molecule has 2 aromatic carbocycles. The summed E-state index contributed by atoms with van der Waals surface area (Å²) in [6.07, 6.45) is 2.35. The fraction of sp³-hybridized carbons (Fsp3) is 0.231. The number of aromatic amines is 1. The highest BCUT2D eigenvalue weighted by molar-refractivity contribution is 6.06. The number of carbonyl (C=O) groups excluding carboxylic acids is 1. The molecule has 0 aliphatic heterocycles.